The quantitative estimate of drug-likeness (QED) is 0.489. The predicted molar refractivity (Wildman–Crippen MR) is 67.1 cm³/mol. The van der Waals surface area contributed by atoms with Crippen LogP contribution >= 0.6 is 0 Å². The Balaban J connectivity index is 2.43. The summed E-state index contributed by atoms with van der Waals surface area (Å²) in [5, 5.41) is 0. The molecule has 0 aliphatic heterocycles. The summed E-state index contributed by atoms with van der Waals surface area (Å²) < 4.78 is 9.51. The van der Waals surface area contributed by atoms with Crippen molar-refractivity contribution in [3.8, 4) is 0 Å². The molecule has 0 aromatic heterocycles. The minimum absolute atomic E-state index is 0.182. The Hall–Kier alpha value is -2.04. The van der Waals surface area contributed by atoms with Crippen LogP contribution in [0.3, 0.4) is 0 Å². The molecular formula is C13H17NO4. The van der Waals surface area contributed by atoms with Crippen molar-refractivity contribution in [1.29, 1.82) is 0 Å². The molecule has 0 radical (unpaired) electrons. The summed E-state index contributed by atoms with van der Waals surface area (Å²) in [6.07, 6.45) is 0.680. The Morgan fingerprint density at radius 1 is 1.28 bits per heavy atom. The van der Waals surface area contributed by atoms with E-state index in [-0.39, 0.29) is 19.0 Å². The fourth-order valence-electron chi connectivity index (χ4n) is 1.50. The number of rotatable bonds is 5. The van der Waals surface area contributed by atoms with Gasteiger partial charge in [-0.1, -0.05) is 0 Å². The molecular weight excluding hydrogens is 234 g/mol. The molecule has 0 unspecified atom stereocenters. The number of aryl methyl sites for hydroxylation is 1. The molecule has 2 N–H and O–H groups in total. The van der Waals surface area contributed by atoms with Gasteiger partial charge in [0.25, 0.3) is 0 Å². The highest BCUT2D eigenvalue weighted by molar-refractivity contribution is 5.90. The van der Waals surface area contributed by atoms with E-state index in [0.717, 1.165) is 5.56 Å². The van der Waals surface area contributed by atoms with Crippen LogP contribution in [0.5, 0.6) is 0 Å². The number of benzene rings is 1. The van der Waals surface area contributed by atoms with Crippen molar-refractivity contribution in [2.24, 2.45) is 0 Å². The van der Waals surface area contributed by atoms with Gasteiger partial charge in [-0.2, -0.15) is 0 Å². The summed E-state index contributed by atoms with van der Waals surface area (Å²) in [5.74, 6) is -0.749. The van der Waals surface area contributed by atoms with Crippen molar-refractivity contribution < 1.29 is 19.1 Å². The van der Waals surface area contributed by atoms with Gasteiger partial charge in [0.15, 0.2) is 0 Å². The van der Waals surface area contributed by atoms with Crippen molar-refractivity contribution >= 4 is 17.6 Å². The number of nitrogens with two attached hydrogens (primary N) is 1. The third-order valence-corrected chi connectivity index (χ3v) is 2.32. The zero-order valence-electron chi connectivity index (χ0n) is 10.6. The van der Waals surface area contributed by atoms with E-state index in [1.54, 1.807) is 18.2 Å². The Bertz CT molecular complexity index is 422. The number of hydrogen-bond donors (Lipinski definition) is 1. The predicted octanol–water partition coefficient (Wildman–Crippen LogP) is 1.69. The Kier molecular flexibility index (Phi) is 5.17. The summed E-state index contributed by atoms with van der Waals surface area (Å²) in [6.45, 7) is 2.03. The molecule has 0 spiro atoms. The van der Waals surface area contributed by atoms with E-state index in [9.17, 15) is 9.59 Å². The van der Waals surface area contributed by atoms with Gasteiger partial charge in [-0.25, -0.2) is 4.79 Å². The van der Waals surface area contributed by atoms with E-state index in [1.807, 2.05) is 6.92 Å². The zero-order valence-corrected chi connectivity index (χ0v) is 10.6. The van der Waals surface area contributed by atoms with Crippen molar-refractivity contribution in [3.63, 3.8) is 0 Å². The number of ether oxygens (including phenoxy) is 2. The molecule has 18 heavy (non-hydrogen) atoms. The summed E-state index contributed by atoms with van der Waals surface area (Å²) in [7, 11) is 1.32. The van der Waals surface area contributed by atoms with Crippen LogP contribution in [0.1, 0.15) is 28.8 Å². The lowest BCUT2D eigenvalue weighted by Crippen LogP contribution is -2.09. The SMILES string of the molecule is COC(=O)CCCOC(=O)c1cc(C)cc(N)c1. The van der Waals surface area contributed by atoms with Crippen LogP contribution < -0.4 is 5.73 Å². The lowest BCUT2D eigenvalue weighted by Gasteiger charge is -2.06. The molecule has 0 saturated heterocycles. The van der Waals surface area contributed by atoms with Crippen LogP contribution in [0.25, 0.3) is 0 Å². The number of esters is 2. The topological polar surface area (TPSA) is 78.6 Å². The lowest BCUT2D eigenvalue weighted by molar-refractivity contribution is -0.140. The molecule has 0 atom stereocenters. The molecule has 0 bridgehead atoms. The number of nitrogen functional groups attached to an aromatic ring is 1. The van der Waals surface area contributed by atoms with Crippen LogP contribution in [-0.2, 0) is 14.3 Å². The summed E-state index contributed by atoms with van der Waals surface area (Å²) in [4.78, 5) is 22.5. The number of hydrogen-bond acceptors (Lipinski definition) is 5. The van der Waals surface area contributed by atoms with Gasteiger partial charge in [-0.15, -0.1) is 0 Å². The lowest BCUT2D eigenvalue weighted by atomic mass is 10.1. The highest BCUT2D eigenvalue weighted by Crippen LogP contribution is 2.12. The Morgan fingerprint density at radius 2 is 2.00 bits per heavy atom. The molecule has 0 aliphatic carbocycles. The zero-order chi connectivity index (χ0) is 13.5. The second kappa shape index (κ2) is 6.64. The maximum Gasteiger partial charge on any atom is 0.338 e. The summed E-state index contributed by atoms with van der Waals surface area (Å²) in [6, 6.07) is 5.04. The molecule has 5 heteroatoms. The fraction of sp³-hybridized carbons (Fsp3) is 0.385. The average Bonchev–Trinajstić information content (AvgIpc) is 2.32. The first kappa shape index (κ1) is 14.0. The monoisotopic (exact) mass is 251 g/mol. The summed E-state index contributed by atoms with van der Waals surface area (Å²) >= 11 is 0. The molecule has 98 valence electrons. The maximum absolute atomic E-state index is 11.7. The molecule has 0 fully saturated rings. The van der Waals surface area contributed by atoms with Crippen LogP contribution in [0.2, 0.25) is 0 Å². The Morgan fingerprint density at radius 3 is 2.61 bits per heavy atom. The standard InChI is InChI=1S/C13H17NO4/c1-9-6-10(8-11(14)7-9)13(16)18-5-3-4-12(15)17-2/h6-8H,3-5,14H2,1-2H3. The van der Waals surface area contributed by atoms with Gasteiger partial charge < -0.3 is 15.2 Å². The molecule has 5 nitrogen and oxygen atoms in total. The average molecular weight is 251 g/mol. The number of methoxy groups -OCH3 is 1. The molecule has 0 amide bonds. The van der Waals surface area contributed by atoms with Gasteiger partial charge >= 0.3 is 11.9 Å². The summed E-state index contributed by atoms with van der Waals surface area (Å²) in [5.41, 5.74) is 7.49. The molecule has 0 aliphatic rings. The van der Waals surface area contributed by atoms with Gasteiger partial charge in [0, 0.05) is 12.1 Å². The van der Waals surface area contributed by atoms with Crippen LogP contribution in [0, 0.1) is 6.92 Å². The first-order valence-corrected chi connectivity index (χ1v) is 5.64. The van der Waals surface area contributed by atoms with Crippen molar-refractivity contribution in [2.45, 2.75) is 19.8 Å². The molecule has 1 aromatic carbocycles. The normalized spacial score (nSPS) is 9.89. The van der Waals surface area contributed by atoms with E-state index in [1.165, 1.54) is 7.11 Å². The van der Waals surface area contributed by atoms with Crippen molar-refractivity contribution in [2.75, 3.05) is 19.5 Å². The van der Waals surface area contributed by atoms with Crippen molar-refractivity contribution in [1.82, 2.24) is 0 Å². The molecule has 1 rings (SSSR count). The van der Waals surface area contributed by atoms with E-state index in [4.69, 9.17) is 10.5 Å². The fourth-order valence-corrected chi connectivity index (χ4v) is 1.50. The number of carbonyl (C=O) groups is 2. The second-order valence-electron chi connectivity index (χ2n) is 3.95. The van der Waals surface area contributed by atoms with Gasteiger partial charge in [0.05, 0.1) is 19.3 Å². The number of anilines is 1. The van der Waals surface area contributed by atoms with Gasteiger partial charge in [-0.3, -0.25) is 4.79 Å². The van der Waals surface area contributed by atoms with Gasteiger partial charge in [-0.05, 0) is 37.1 Å². The van der Waals surface area contributed by atoms with E-state index < -0.39 is 5.97 Å². The minimum atomic E-state index is -0.435. The molecule has 1 aromatic rings. The van der Waals surface area contributed by atoms with Crippen LogP contribution in [0.4, 0.5) is 5.69 Å². The van der Waals surface area contributed by atoms with E-state index in [2.05, 4.69) is 4.74 Å². The number of carbonyl (C=O) groups excluding carboxylic acids is 2. The largest absolute Gasteiger partial charge is 0.469 e. The smallest absolute Gasteiger partial charge is 0.338 e. The first-order chi connectivity index (χ1) is 8.52. The third-order valence-electron chi connectivity index (χ3n) is 2.32. The highest BCUT2D eigenvalue weighted by Gasteiger charge is 2.09. The third kappa shape index (κ3) is 4.45. The van der Waals surface area contributed by atoms with Crippen LogP contribution in [0.15, 0.2) is 18.2 Å². The second-order valence-corrected chi connectivity index (χ2v) is 3.95. The van der Waals surface area contributed by atoms with E-state index >= 15 is 0 Å². The first-order valence-electron chi connectivity index (χ1n) is 5.64. The molecule has 0 saturated carbocycles. The van der Waals surface area contributed by atoms with Crippen molar-refractivity contribution in [3.05, 3.63) is 29.3 Å². The van der Waals surface area contributed by atoms with Gasteiger partial charge in [0.2, 0.25) is 0 Å². The highest BCUT2D eigenvalue weighted by atomic mass is 16.5. The maximum atomic E-state index is 11.7. The van der Waals surface area contributed by atoms with E-state index in [0.29, 0.717) is 17.7 Å². The van der Waals surface area contributed by atoms with Gasteiger partial charge in [0.1, 0.15) is 0 Å². The molecule has 0 heterocycles. The Labute approximate surface area is 106 Å². The van der Waals surface area contributed by atoms with Crippen LogP contribution in [-0.4, -0.2) is 25.7 Å². The minimum Gasteiger partial charge on any atom is -0.469 e.